The second kappa shape index (κ2) is 39.6. The number of aliphatic hydroxyl groups is 16. The van der Waals surface area contributed by atoms with Crippen molar-refractivity contribution in [2.24, 2.45) is 110 Å². The minimum Gasteiger partial charge on any atom is -0.662 e. The van der Waals surface area contributed by atoms with Crippen molar-refractivity contribution in [2.45, 2.75) is 379 Å². The van der Waals surface area contributed by atoms with Crippen LogP contribution in [0.4, 0.5) is 0 Å². The molecule has 8 bridgehead atoms. The number of ether oxygens (including phenoxy) is 11. The molecule has 0 aromatic heterocycles. The van der Waals surface area contributed by atoms with Crippen LogP contribution in [0.2, 0.25) is 0 Å². The van der Waals surface area contributed by atoms with E-state index < -0.39 is 226 Å². The Balaban J connectivity index is 0.000000133. The van der Waals surface area contributed by atoms with E-state index in [-0.39, 0.29) is 107 Å². The summed E-state index contributed by atoms with van der Waals surface area (Å²) in [4.78, 5) is 94.6. The molecule has 0 radical (unpaired) electrons. The molecular formula is C85H135N4NaO40. The van der Waals surface area contributed by atoms with Crippen LogP contribution in [0.5, 0.6) is 0 Å². The van der Waals surface area contributed by atoms with Gasteiger partial charge in [0.1, 0.15) is 91.4 Å². The minimum atomic E-state index is -1.61. The Bertz CT molecular complexity index is 3830. The zero-order chi connectivity index (χ0) is 93.4. The summed E-state index contributed by atoms with van der Waals surface area (Å²) in [5.41, 5.74) is 2.22. The maximum absolute atomic E-state index is 13.6. The van der Waals surface area contributed by atoms with Gasteiger partial charge in [-0.25, -0.2) is 49.1 Å². The van der Waals surface area contributed by atoms with Gasteiger partial charge in [-0.2, -0.15) is 0 Å². The first kappa shape index (κ1) is 103. The number of nitrogens with zero attached hydrogens (tertiary/aromatic N) is 3. The molecule has 4 aliphatic carbocycles. The summed E-state index contributed by atoms with van der Waals surface area (Å²) in [5.74, 6) is -1.96. The van der Waals surface area contributed by atoms with E-state index in [1.165, 1.54) is 4.90 Å². The Labute approximate surface area is 774 Å². The summed E-state index contributed by atoms with van der Waals surface area (Å²) in [6, 6.07) is -4.63. The Kier molecular flexibility index (Phi) is 31.3. The summed E-state index contributed by atoms with van der Waals surface area (Å²) >= 11 is 0. The van der Waals surface area contributed by atoms with Crippen molar-refractivity contribution in [1.82, 2.24) is 4.90 Å². The molecule has 18 N–H and O–H groups in total. The number of nitrogens with two attached hydrogens (primary N) is 1. The zero-order valence-corrected chi connectivity index (χ0v) is 77.7. The Morgan fingerprint density at radius 3 is 1.07 bits per heavy atom. The van der Waals surface area contributed by atoms with Gasteiger partial charge in [-0.05, 0) is 134 Å². The second-order valence-electron chi connectivity index (χ2n) is 40.3. The standard InChI is InChI=1S/3C21H33NO9.C15H22O5.C6H13NO5.CH2O3.Na/c2*1-9-4-5-12-10(2)17(22-14-16(25)15(24)13(8-23)27-18(14)26)28-19-21(12)11(9)6-7-20(3,29-19)30-31-21;1-9-4-5-12-10(2)17(26)22(14-16(25)15(24)13(8-23)28-18(14)27)19-21(12)11(9)6-7-20(3,29-19)30-31-21;1-8-4-5-11-9(2)12(16)17-13-15(11)10(8)6-7-14(3,18-13)19-20-15;7-3-5(10)4(9)2(1-8)12-6(3)11;2-1-4-3;/h2*9-16,18-19,23-26H,4-8H2,1-3H3;9-16,18-19,23-25,27H,4-8H2,1-3H3;8-11,13H,4-7H2,1-3H3;2-6,8-11H,1,7H2;1,3H;/q;;;;;;+1/p-1/t2*9-,10-,11?,12?,13+,14?,15+,16+,18-,19-,20-,21?;9-,10-,11?,12?,13+,14?,15+,16+,18-,19?,20-,21?;8-,9-,10?,11?,13-,14-,15?;2-,3-,4-,5-,6+;;/m11110../s1. The number of amides is 1. The molecule has 0 aromatic rings. The first-order chi connectivity index (χ1) is 61.0. The molecule has 20 aliphatic heterocycles. The third-order valence-corrected chi connectivity index (χ3v) is 32.7. The van der Waals surface area contributed by atoms with Gasteiger partial charge in [0.25, 0.3) is 6.47 Å². The Morgan fingerprint density at radius 1 is 0.392 bits per heavy atom. The number of aliphatic hydroxyl groups excluding tert-OH is 16. The number of esters is 1. The molecule has 16 unspecified atom stereocenters. The van der Waals surface area contributed by atoms with E-state index in [0.717, 1.165) is 83.5 Å². The maximum atomic E-state index is 13.6. The molecule has 4 spiro atoms. The molecule has 24 rings (SSSR count). The van der Waals surface area contributed by atoms with E-state index in [1.54, 1.807) is 6.92 Å². The van der Waals surface area contributed by atoms with Crippen molar-refractivity contribution < 1.29 is 227 Å². The van der Waals surface area contributed by atoms with Crippen molar-refractivity contribution in [3.05, 3.63) is 0 Å². The molecule has 736 valence electrons. The second-order valence-corrected chi connectivity index (χ2v) is 40.3. The molecule has 4 saturated carbocycles. The van der Waals surface area contributed by atoms with Gasteiger partial charge >= 0.3 is 35.5 Å². The normalized spacial score (nSPS) is 54.7. The van der Waals surface area contributed by atoms with Crippen LogP contribution in [0, 0.1) is 94.7 Å². The predicted octanol–water partition coefficient (Wildman–Crippen LogP) is -5.81. The number of fused-ring (bicyclic) bond motifs is 8. The molecule has 1 amide bonds. The first-order valence-corrected chi connectivity index (χ1v) is 45.9. The minimum absolute atomic E-state index is 0. The summed E-state index contributed by atoms with van der Waals surface area (Å²) < 4.78 is 63.6. The van der Waals surface area contributed by atoms with E-state index in [4.69, 9.17) is 117 Å². The van der Waals surface area contributed by atoms with Crippen LogP contribution < -0.4 is 40.5 Å². The smallest absolute Gasteiger partial charge is 0.662 e. The number of piperidine rings is 1. The van der Waals surface area contributed by atoms with Gasteiger partial charge in [0.05, 0.1) is 38.4 Å². The number of hydrogen-bond acceptors (Lipinski definition) is 43. The number of carbonyl (C=O) groups excluding carboxylic acids is 3. The number of rotatable bonds is 8. The Hall–Kier alpha value is -3.01. The van der Waals surface area contributed by atoms with Gasteiger partial charge in [-0.15, -0.1) is 0 Å². The Morgan fingerprint density at radius 2 is 0.700 bits per heavy atom. The maximum Gasteiger partial charge on any atom is 1.00 e. The number of hydrogen-bond donors (Lipinski definition) is 17. The zero-order valence-electron chi connectivity index (χ0n) is 75.7. The number of likely N-dealkylation sites (tertiary alicyclic amines) is 1. The third-order valence-electron chi connectivity index (χ3n) is 32.7. The number of carbonyl (C=O) groups is 3. The van der Waals surface area contributed by atoms with Crippen LogP contribution in [0.3, 0.4) is 0 Å². The average molecular weight is 1880 g/mol. The van der Waals surface area contributed by atoms with E-state index in [2.05, 4.69) is 42.6 Å². The molecule has 24 aliphatic rings. The quantitative estimate of drug-likeness (QED) is 0.0354. The number of aliphatic imine (C=N–C) groups is 2. The topological polar surface area (TPSA) is 637 Å². The van der Waals surface area contributed by atoms with Crippen LogP contribution >= 0.6 is 0 Å². The van der Waals surface area contributed by atoms with Gasteiger partial charge in [0, 0.05) is 84.9 Å². The van der Waals surface area contributed by atoms with Crippen molar-refractivity contribution in [1.29, 1.82) is 0 Å². The molecule has 44 nitrogen and oxygen atoms in total. The molecule has 0 aromatic carbocycles. The summed E-state index contributed by atoms with van der Waals surface area (Å²) in [7, 11) is 0. The molecule has 45 heteroatoms. The molecule has 48 atom stereocenters. The summed E-state index contributed by atoms with van der Waals surface area (Å²) in [5, 5.41) is 167. The van der Waals surface area contributed by atoms with E-state index in [0.29, 0.717) is 60.6 Å². The van der Waals surface area contributed by atoms with Gasteiger partial charge < -0.3 is 155 Å². The van der Waals surface area contributed by atoms with E-state index >= 15 is 0 Å². The molecule has 24 fully saturated rings. The van der Waals surface area contributed by atoms with Crippen LogP contribution in [0.25, 0.3) is 0 Å². The first-order valence-electron chi connectivity index (χ1n) is 45.9. The van der Waals surface area contributed by atoms with Gasteiger partial charge in [0.15, 0.2) is 65.6 Å². The van der Waals surface area contributed by atoms with E-state index in [9.17, 15) is 81.1 Å². The summed E-state index contributed by atoms with van der Waals surface area (Å²) in [6.07, 6.45) is -10.3. The van der Waals surface area contributed by atoms with Crippen LogP contribution in [-0.2, 0) is 110 Å². The molecule has 130 heavy (non-hydrogen) atoms. The molecule has 20 saturated heterocycles. The van der Waals surface area contributed by atoms with Crippen molar-refractivity contribution in [3.8, 4) is 0 Å². The molecular weight excluding hydrogens is 1740 g/mol. The van der Waals surface area contributed by atoms with Crippen molar-refractivity contribution in [3.63, 3.8) is 0 Å². The van der Waals surface area contributed by atoms with Crippen LogP contribution in [0.1, 0.15) is 186 Å². The SMILES string of the molecule is C[C@@H]1CCC2[C@@H](C)C(=NC3[C@H](O)O[C@@H](CO)[C@H](O)[C@H]3O)O[C@@H]3O[C@@]4(C)CCC1C23OO4.C[C@@H]1CCC2[C@@H](C)C(=NC3[C@H](O)O[C@@H](CO)[C@H](O)[C@H]3O)O[C@@H]3O[C@@]4(C)CCC1C23OO4.C[C@@H]1CCC2[C@@H](C)C(=O)N(C3[C@H](O)O[C@@H](CO)[C@H](O)[C@H]3O)C3O[C@@]4(C)CCC1C23OO4.C[C@@H]1CCC2[C@@H](C)C(=O)O[C@@H]3O[C@@]4(C)CCC1C23OO4.N[C@H]1[C@H](O)[C@@H](O)[C@H](CO)O[C@H]1O.O=CO[O-].[Na+]. The predicted molar refractivity (Wildman–Crippen MR) is 424 cm³/mol. The van der Waals surface area contributed by atoms with Gasteiger partial charge in [0.2, 0.25) is 47.9 Å². The fourth-order valence-corrected chi connectivity index (χ4v) is 25.2. The van der Waals surface area contributed by atoms with Crippen molar-refractivity contribution in [2.75, 3.05) is 26.4 Å². The van der Waals surface area contributed by atoms with Crippen molar-refractivity contribution >= 4 is 30.1 Å². The van der Waals surface area contributed by atoms with E-state index in [1.807, 2.05) is 48.5 Å². The summed E-state index contributed by atoms with van der Waals surface area (Å²) in [6.45, 7) is 21.7. The fourth-order valence-electron chi connectivity index (χ4n) is 25.2. The van der Waals surface area contributed by atoms with Crippen LogP contribution in [-0.4, -0.2) is 336 Å². The largest absolute Gasteiger partial charge is 1.00 e. The van der Waals surface area contributed by atoms with Gasteiger partial charge in [-0.1, -0.05) is 55.4 Å². The monoisotopic (exact) mass is 1870 g/mol. The average Bonchev–Trinajstić information content (AvgIpc) is 1.34. The molecule has 20 heterocycles. The fraction of sp³-hybridized carbons (Fsp3) is 0.941. The van der Waals surface area contributed by atoms with Crippen LogP contribution in [0.15, 0.2) is 9.98 Å². The van der Waals surface area contributed by atoms with Gasteiger partial charge in [-0.3, -0.25) is 14.4 Å². The third kappa shape index (κ3) is 17.6.